The highest BCUT2D eigenvalue weighted by atomic mass is 14.5. The molecule has 0 aromatic rings. The van der Waals surface area contributed by atoms with Gasteiger partial charge in [0.15, 0.2) is 0 Å². The average molecular weight is 212 g/mol. The van der Waals surface area contributed by atoms with Crippen molar-refractivity contribution in [3.05, 3.63) is 0 Å². The van der Waals surface area contributed by atoms with E-state index in [0.29, 0.717) is 5.41 Å². The van der Waals surface area contributed by atoms with Gasteiger partial charge < -0.3 is 0 Å². The van der Waals surface area contributed by atoms with Gasteiger partial charge in [-0.05, 0) is 29.1 Å². The van der Waals surface area contributed by atoms with Crippen LogP contribution in [0.4, 0.5) is 0 Å². The first-order valence-corrected chi connectivity index (χ1v) is 6.82. The molecule has 0 saturated carbocycles. The van der Waals surface area contributed by atoms with Gasteiger partial charge in [0.05, 0.1) is 0 Å². The van der Waals surface area contributed by atoms with Gasteiger partial charge >= 0.3 is 0 Å². The summed E-state index contributed by atoms with van der Waals surface area (Å²) >= 11 is 0. The second-order valence-corrected chi connectivity index (χ2v) is 6.02. The quantitative estimate of drug-likeness (QED) is 0.554. The first-order valence-electron chi connectivity index (χ1n) is 6.82. The van der Waals surface area contributed by atoms with Crippen LogP contribution in [0.1, 0.15) is 68.2 Å². The van der Waals surface area contributed by atoms with Crippen LogP contribution in [0.5, 0.6) is 0 Å². The molecule has 0 nitrogen and oxygen atoms in total. The summed E-state index contributed by atoms with van der Waals surface area (Å²) in [6, 6.07) is 0. The molecule has 92 valence electrons. The maximum Gasteiger partial charge on any atom is -0.0247 e. The summed E-state index contributed by atoms with van der Waals surface area (Å²) in [5.41, 5.74) is 0.498. The smallest absolute Gasteiger partial charge is 0.0247 e. The third-order valence-electron chi connectivity index (χ3n) is 5.33. The Hall–Kier alpha value is 0. The molecule has 0 aliphatic heterocycles. The summed E-state index contributed by atoms with van der Waals surface area (Å²) < 4.78 is 0. The highest BCUT2D eigenvalue weighted by Gasteiger charge is 2.40. The summed E-state index contributed by atoms with van der Waals surface area (Å²) in [6.45, 7) is 19.2. The van der Waals surface area contributed by atoms with Gasteiger partial charge in [-0.2, -0.15) is 0 Å². The molecule has 0 aliphatic rings. The largest absolute Gasteiger partial charge is 0.0651 e. The lowest BCUT2D eigenvalue weighted by Gasteiger charge is -2.47. The minimum Gasteiger partial charge on any atom is -0.0651 e. The predicted octanol–water partition coefficient (Wildman–Crippen LogP) is 5.38. The molecule has 3 unspecified atom stereocenters. The van der Waals surface area contributed by atoms with Crippen molar-refractivity contribution >= 4 is 0 Å². The molecule has 0 N–H and O–H groups in total. The van der Waals surface area contributed by atoms with Crippen LogP contribution in [0, 0.1) is 29.1 Å². The Labute approximate surface area is 97.8 Å². The summed E-state index contributed by atoms with van der Waals surface area (Å²) in [7, 11) is 0. The van der Waals surface area contributed by atoms with Gasteiger partial charge in [0, 0.05) is 0 Å². The number of hydrogen-bond acceptors (Lipinski definition) is 0. The normalized spacial score (nSPS) is 22.2. The van der Waals surface area contributed by atoms with E-state index in [9.17, 15) is 0 Å². The molecular formula is C15H32. The molecular weight excluding hydrogens is 180 g/mol. The topological polar surface area (TPSA) is 0 Å². The van der Waals surface area contributed by atoms with Crippen molar-refractivity contribution in [2.24, 2.45) is 29.1 Å². The standard InChI is InChI=1S/C15H32/c1-9-12(5)15(8,13(6)10-2)14(7)11(3)4/h11-14H,9-10H2,1-8H3. The van der Waals surface area contributed by atoms with Crippen LogP contribution in [0.15, 0.2) is 0 Å². The summed E-state index contributed by atoms with van der Waals surface area (Å²) in [4.78, 5) is 0. The molecule has 0 aromatic carbocycles. The maximum absolute atomic E-state index is 2.51. The highest BCUT2D eigenvalue weighted by molar-refractivity contribution is 4.89. The third kappa shape index (κ3) is 2.98. The van der Waals surface area contributed by atoms with E-state index in [1.165, 1.54) is 12.8 Å². The summed E-state index contributed by atoms with van der Waals surface area (Å²) in [5, 5.41) is 0. The first-order chi connectivity index (χ1) is 6.82. The molecule has 0 heterocycles. The van der Waals surface area contributed by atoms with Crippen LogP contribution in [0.25, 0.3) is 0 Å². The zero-order chi connectivity index (χ0) is 12.2. The summed E-state index contributed by atoms with van der Waals surface area (Å²) in [5.74, 6) is 3.25. The van der Waals surface area contributed by atoms with Crippen molar-refractivity contribution in [1.29, 1.82) is 0 Å². The predicted molar refractivity (Wildman–Crippen MR) is 71.0 cm³/mol. The van der Waals surface area contributed by atoms with E-state index in [0.717, 1.165) is 23.7 Å². The van der Waals surface area contributed by atoms with Crippen molar-refractivity contribution in [2.45, 2.75) is 68.2 Å². The molecule has 0 aromatic heterocycles. The van der Waals surface area contributed by atoms with Crippen molar-refractivity contribution < 1.29 is 0 Å². The average Bonchev–Trinajstić information content (AvgIpc) is 2.24. The fourth-order valence-electron chi connectivity index (χ4n) is 2.98. The third-order valence-corrected chi connectivity index (χ3v) is 5.33. The number of hydrogen-bond donors (Lipinski definition) is 0. The zero-order valence-electron chi connectivity index (χ0n) is 12.2. The van der Waals surface area contributed by atoms with Gasteiger partial charge in [-0.15, -0.1) is 0 Å². The molecule has 0 radical (unpaired) electrons. The second-order valence-electron chi connectivity index (χ2n) is 6.02. The number of rotatable bonds is 6. The molecule has 0 bridgehead atoms. The molecule has 0 spiro atoms. The lowest BCUT2D eigenvalue weighted by Crippen LogP contribution is -2.40. The van der Waals surface area contributed by atoms with E-state index in [-0.39, 0.29) is 0 Å². The Morgan fingerprint density at radius 2 is 1.13 bits per heavy atom. The van der Waals surface area contributed by atoms with Crippen molar-refractivity contribution in [2.75, 3.05) is 0 Å². The fourth-order valence-corrected chi connectivity index (χ4v) is 2.98. The van der Waals surface area contributed by atoms with E-state index in [2.05, 4.69) is 55.4 Å². The van der Waals surface area contributed by atoms with Gasteiger partial charge in [-0.1, -0.05) is 68.2 Å². The van der Waals surface area contributed by atoms with Gasteiger partial charge in [-0.25, -0.2) is 0 Å². The van der Waals surface area contributed by atoms with Gasteiger partial charge in [0.25, 0.3) is 0 Å². The Kier molecular flexibility index (Phi) is 5.92. The SMILES string of the molecule is CCC(C)C(C)(C(C)CC)C(C)C(C)C. The van der Waals surface area contributed by atoms with E-state index < -0.39 is 0 Å². The Morgan fingerprint density at radius 1 is 0.800 bits per heavy atom. The van der Waals surface area contributed by atoms with Crippen LogP contribution in [-0.2, 0) is 0 Å². The monoisotopic (exact) mass is 212 g/mol. The molecule has 0 fully saturated rings. The molecule has 0 aliphatic carbocycles. The van der Waals surface area contributed by atoms with Gasteiger partial charge in [0.2, 0.25) is 0 Å². The lowest BCUT2D eigenvalue weighted by molar-refractivity contribution is 0.0160. The van der Waals surface area contributed by atoms with E-state index >= 15 is 0 Å². The molecule has 3 atom stereocenters. The molecule has 0 amide bonds. The Morgan fingerprint density at radius 3 is 1.33 bits per heavy atom. The van der Waals surface area contributed by atoms with Crippen LogP contribution < -0.4 is 0 Å². The van der Waals surface area contributed by atoms with Crippen LogP contribution in [0.3, 0.4) is 0 Å². The second kappa shape index (κ2) is 5.92. The van der Waals surface area contributed by atoms with Crippen LogP contribution in [-0.4, -0.2) is 0 Å². The molecule has 0 saturated heterocycles. The molecule has 0 heteroatoms. The van der Waals surface area contributed by atoms with E-state index in [1.807, 2.05) is 0 Å². The zero-order valence-corrected chi connectivity index (χ0v) is 12.2. The Balaban J connectivity index is 5.00. The summed E-state index contributed by atoms with van der Waals surface area (Å²) in [6.07, 6.45) is 2.61. The fraction of sp³-hybridized carbons (Fsp3) is 1.00. The van der Waals surface area contributed by atoms with Gasteiger partial charge in [0.1, 0.15) is 0 Å². The van der Waals surface area contributed by atoms with Crippen LogP contribution in [0.2, 0.25) is 0 Å². The van der Waals surface area contributed by atoms with Crippen molar-refractivity contribution in [1.82, 2.24) is 0 Å². The van der Waals surface area contributed by atoms with Crippen LogP contribution >= 0.6 is 0 Å². The lowest BCUT2D eigenvalue weighted by atomic mass is 9.58. The Bertz CT molecular complexity index is 159. The van der Waals surface area contributed by atoms with E-state index in [1.54, 1.807) is 0 Å². The van der Waals surface area contributed by atoms with Crippen molar-refractivity contribution in [3.8, 4) is 0 Å². The molecule has 0 rings (SSSR count). The first kappa shape index (κ1) is 15.0. The highest BCUT2D eigenvalue weighted by Crippen LogP contribution is 2.47. The van der Waals surface area contributed by atoms with Gasteiger partial charge in [-0.3, -0.25) is 0 Å². The van der Waals surface area contributed by atoms with E-state index in [4.69, 9.17) is 0 Å². The maximum atomic E-state index is 2.51. The minimum atomic E-state index is 0.498. The molecule has 15 heavy (non-hydrogen) atoms. The van der Waals surface area contributed by atoms with Crippen molar-refractivity contribution in [3.63, 3.8) is 0 Å². The minimum absolute atomic E-state index is 0.498.